The van der Waals surface area contributed by atoms with Crippen molar-refractivity contribution in [3.8, 4) is 0 Å². The minimum absolute atomic E-state index is 0.0412. The average molecular weight is 395 g/mol. The number of hydrogen-bond donors (Lipinski definition) is 1. The molecule has 0 aromatic rings. The zero-order valence-electron chi connectivity index (χ0n) is 19.7. The van der Waals surface area contributed by atoms with Gasteiger partial charge in [0.1, 0.15) is 0 Å². The Labute approximate surface area is 178 Å². The van der Waals surface area contributed by atoms with Crippen molar-refractivity contribution in [3.63, 3.8) is 0 Å². The zero-order valence-corrected chi connectivity index (χ0v) is 19.7. The molecule has 0 heterocycles. The molecular formula is C27H54O. The number of aliphatic hydroxyl groups is 1. The standard InChI is InChI=1S/C27H54O/c1-3-5-7-9-11-12-13-14-15-16-17-18-20-22-24-26-27(28)25-23-21-19-10-8-6-4-2/h14-15,27-28H,3-13,16-26H2,1-2H3/b15-14-. The van der Waals surface area contributed by atoms with Gasteiger partial charge in [0.2, 0.25) is 0 Å². The molecule has 28 heavy (non-hydrogen) atoms. The lowest BCUT2D eigenvalue weighted by Crippen LogP contribution is -2.05. The zero-order chi connectivity index (χ0) is 20.5. The molecule has 0 saturated heterocycles. The van der Waals surface area contributed by atoms with Gasteiger partial charge in [-0.3, -0.25) is 0 Å². The first-order chi connectivity index (χ1) is 13.8. The highest BCUT2D eigenvalue weighted by Gasteiger charge is 2.03. The van der Waals surface area contributed by atoms with Crippen LogP contribution in [0.3, 0.4) is 0 Å². The van der Waals surface area contributed by atoms with Crippen LogP contribution in [0.25, 0.3) is 0 Å². The molecule has 0 rings (SSSR count). The van der Waals surface area contributed by atoms with Gasteiger partial charge in [0.05, 0.1) is 6.10 Å². The summed E-state index contributed by atoms with van der Waals surface area (Å²) in [4.78, 5) is 0. The van der Waals surface area contributed by atoms with Crippen LogP contribution >= 0.6 is 0 Å². The Morgan fingerprint density at radius 3 is 1.18 bits per heavy atom. The van der Waals surface area contributed by atoms with Crippen molar-refractivity contribution in [2.45, 2.75) is 161 Å². The normalized spacial score (nSPS) is 12.8. The first kappa shape index (κ1) is 27.7. The lowest BCUT2D eigenvalue weighted by molar-refractivity contribution is 0.147. The van der Waals surface area contributed by atoms with Gasteiger partial charge in [-0.15, -0.1) is 0 Å². The third kappa shape index (κ3) is 23.7. The van der Waals surface area contributed by atoms with Gasteiger partial charge in [0.15, 0.2) is 0 Å². The first-order valence-electron chi connectivity index (χ1n) is 13.1. The van der Waals surface area contributed by atoms with Gasteiger partial charge in [0.25, 0.3) is 0 Å². The molecule has 0 radical (unpaired) electrons. The van der Waals surface area contributed by atoms with E-state index in [1.165, 1.54) is 128 Å². The second-order valence-corrected chi connectivity index (χ2v) is 8.94. The molecular weight excluding hydrogens is 340 g/mol. The van der Waals surface area contributed by atoms with E-state index in [9.17, 15) is 5.11 Å². The van der Waals surface area contributed by atoms with Gasteiger partial charge in [-0.05, 0) is 38.5 Å². The van der Waals surface area contributed by atoms with Crippen LogP contribution in [-0.2, 0) is 0 Å². The summed E-state index contributed by atoms with van der Waals surface area (Å²) >= 11 is 0. The highest BCUT2D eigenvalue weighted by molar-refractivity contribution is 4.81. The molecule has 0 aliphatic heterocycles. The lowest BCUT2D eigenvalue weighted by atomic mass is 10.0. The molecule has 0 spiro atoms. The summed E-state index contributed by atoms with van der Waals surface area (Å²) < 4.78 is 0. The van der Waals surface area contributed by atoms with E-state index in [1.807, 2.05) is 0 Å². The SMILES string of the molecule is CCCCCCCC/C=C\CCCCCCCC(O)CCCCCCCCC. The fourth-order valence-corrected chi connectivity index (χ4v) is 3.93. The first-order valence-corrected chi connectivity index (χ1v) is 13.1. The Bertz CT molecular complexity index is 297. The molecule has 0 saturated carbocycles. The topological polar surface area (TPSA) is 20.2 Å². The highest BCUT2D eigenvalue weighted by atomic mass is 16.3. The molecule has 0 aromatic carbocycles. The van der Waals surface area contributed by atoms with Crippen LogP contribution in [0.4, 0.5) is 0 Å². The van der Waals surface area contributed by atoms with E-state index in [1.54, 1.807) is 0 Å². The van der Waals surface area contributed by atoms with Crippen molar-refractivity contribution >= 4 is 0 Å². The summed E-state index contributed by atoms with van der Waals surface area (Å²) in [5, 5.41) is 10.1. The van der Waals surface area contributed by atoms with E-state index >= 15 is 0 Å². The summed E-state index contributed by atoms with van der Waals surface area (Å²) in [7, 11) is 0. The number of unbranched alkanes of at least 4 members (excludes halogenated alkanes) is 17. The van der Waals surface area contributed by atoms with Crippen molar-refractivity contribution in [1.82, 2.24) is 0 Å². The molecule has 1 unspecified atom stereocenters. The van der Waals surface area contributed by atoms with E-state index in [0.717, 1.165) is 12.8 Å². The molecule has 1 atom stereocenters. The maximum Gasteiger partial charge on any atom is 0.0540 e. The molecule has 0 amide bonds. The van der Waals surface area contributed by atoms with Gasteiger partial charge in [-0.1, -0.05) is 129 Å². The van der Waals surface area contributed by atoms with E-state index in [0.29, 0.717) is 0 Å². The average Bonchev–Trinajstić information content (AvgIpc) is 2.70. The molecule has 0 aliphatic rings. The Morgan fingerprint density at radius 2 is 0.786 bits per heavy atom. The van der Waals surface area contributed by atoms with Gasteiger partial charge in [0, 0.05) is 0 Å². The summed E-state index contributed by atoms with van der Waals surface area (Å²) in [5.41, 5.74) is 0. The fraction of sp³-hybridized carbons (Fsp3) is 0.926. The monoisotopic (exact) mass is 394 g/mol. The largest absolute Gasteiger partial charge is 0.393 e. The minimum Gasteiger partial charge on any atom is -0.393 e. The third-order valence-electron chi connectivity index (χ3n) is 5.94. The number of rotatable bonds is 23. The van der Waals surface area contributed by atoms with Gasteiger partial charge < -0.3 is 5.11 Å². The van der Waals surface area contributed by atoms with E-state index < -0.39 is 0 Å². The smallest absolute Gasteiger partial charge is 0.0540 e. The lowest BCUT2D eigenvalue weighted by Gasteiger charge is -2.10. The Morgan fingerprint density at radius 1 is 0.464 bits per heavy atom. The summed E-state index contributed by atoms with van der Waals surface area (Å²) in [6, 6.07) is 0. The van der Waals surface area contributed by atoms with Gasteiger partial charge in [-0.2, -0.15) is 0 Å². The van der Waals surface area contributed by atoms with Gasteiger partial charge in [-0.25, -0.2) is 0 Å². The molecule has 1 heteroatoms. The summed E-state index contributed by atoms with van der Waals surface area (Å²) in [5.74, 6) is 0. The number of aliphatic hydroxyl groups excluding tert-OH is 1. The minimum atomic E-state index is -0.0412. The maximum atomic E-state index is 10.1. The van der Waals surface area contributed by atoms with Crippen molar-refractivity contribution in [3.05, 3.63) is 12.2 Å². The van der Waals surface area contributed by atoms with E-state index in [-0.39, 0.29) is 6.10 Å². The van der Waals surface area contributed by atoms with Crippen LogP contribution < -0.4 is 0 Å². The molecule has 1 nitrogen and oxygen atoms in total. The molecule has 0 bridgehead atoms. The molecule has 0 fully saturated rings. The van der Waals surface area contributed by atoms with Crippen molar-refractivity contribution in [2.75, 3.05) is 0 Å². The maximum absolute atomic E-state index is 10.1. The molecule has 168 valence electrons. The van der Waals surface area contributed by atoms with Crippen LogP contribution in [-0.4, -0.2) is 11.2 Å². The van der Waals surface area contributed by atoms with Crippen molar-refractivity contribution in [2.24, 2.45) is 0 Å². The van der Waals surface area contributed by atoms with Gasteiger partial charge >= 0.3 is 0 Å². The van der Waals surface area contributed by atoms with E-state index in [2.05, 4.69) is 26.0 Å². The Kier molecular flexibility index (Phi) is 24.5. The molecule has 0 aromatic heterocycles. The second-order valence-electron chi connectivity index (χ2n) is 8.94. The predicted molar refractivity (Wildman–Crippen MR) is 128 cm³/mol. The van der Waals surface area contributed by atoms with Crippen LogP contribution in [0.1, 0.15) is 155 Å². The quantitative estimate of drug-likeness (QED) is 0.135. The second kappa shape index (κ2) is 24.7. The van der Waals surface area contributed by atoms with Crippen LogP contribution in [0, 0.1) is 0 Å². The summed E-state index contributed by atoms with van der Waals surface area (Å²) in [6.07, 6.45) is 33.7. The van der Waals surface area contributed by atoms with Crippen LogP contribution in [0.15, 0.2) is 12.2 Å². The third-order valence-corrected chi connectivity index (χ3v) is 5.94. The highest BCUT2D eigenvalue weighted by Crippen LogP contribution is 2.14. The summed E-state index contributed by atoms with van der Waals surface area (Å²) in [6.45, 7) is 4.55. The van der Waals surface area contributed by atoms with Crippen molar-refractivity contribution in [1.29, 1.82) is 0 Å². The molecule has 1 N–H and O–H groups in total. The van der Waals surface area contributed by atoms with E-state index in [4.69, 9.17) is 0 Å². The Balaban J connectivity index is 3.18. The number of hydrogen-bond acceptors (Lipinski definition) is 1. The number of allylic oxidation sites excluding steroid dienone is 2. The van der Waals surface area contributed by atoms with Crippen LogP contribution in [0.5, 0.6) is 0 Å². The van der Waals surface area contributed by atoms with Crippen LogP contribution in [0.2, 0.25) is 0 Å². The Hall–Kier alpha value is -0.300. The predicted octanol–water partition coefficient (Wildman–Crippen LogP) is 9.53. The molecule has 0 aliphatic carbocycles. The van der Waals surface area contributed by atoms with Crippen molar-refractivity contribution < 1.29 is 5.11 Å². The fourth-order valence-electron chi connectivity index (χ4n) is 3.93.